The van der Waals surface area contributed by atoms with Gasteiger partial charge in [0, 0.05) is 4.47 Å². The predicted molar refractivity (Wildman–Crippen MR) is 97.6 cm³/mol. The van der Waals surface area contributed by atoms with Crippen LogP contribution < -0.4 is 20.3 Å². The summed E-state index contributed by atoms with van der Waals surface area (Å²) in [5.41, 5.74) is 5.97. The largest absolute Gasteiger partial charge is 0.496 e. The number of amides is 2. The van der Waals surface area contributed by atoms with Gasteiger partial charge in [-0.3, -0.25) is 20.4 Å². The van der Waals surface area contributed by atoms with E-state index in [1.54, 1.807) is 37.3 Å². The second-order valence-electron chi connectivity index (χ2n) is 5.36. The molecular weight excluding hydrogens is 388 g/mol. The maximum absolute atomic E-state index is 12.3. The minimum atomic E-state index is -0.783. The molecular formula is C18H19BrN2O4. The molecule has 0 spiro atoms. The van der Waals surface area contributed by atoms with Crippen LogP contribution in [-0.4, -0.2) is 25.0 Å². The molecule has 0 saturated heterocycles. The van der Waals surface area contributed by atoms with Crippen LogP contribution in [0.4, 0.5) is 0 Å². The molecule has 2 amide bonds. The minimum absolute atomic E-state index is 0.336. The van der Waals surface area contributed by atoms with Gasteiger partial charge >= 0.3 is 0 Å². The van der Waals surface area contributed by atoms with Crippen molar-refractivity contribution in [3.63, 3.8) is 0 Å². The van der Waals surface area contributed by atoms with Gasteiger partial charge in [-0.1, -0.05) is 33.6 Å². The highest BCUT2D eigenvalue weighted by atomic mass is 79.9. The van der Waals surface area contributed by atoms with E-state index in [-0.39, 0.29) is 0 Å². The number of carbonyl (C=O) groups excluding carboxylic acids is 2. The van der Waals surface area contributed by atoms with Crippen LogP contribution in [0.1, 0.15) is 22.8 Å². The molecule has 2 N–H and O–H groups in total. The van der Waals surface area contributed by atoms with Crippen molar-refractivity contribution in [2.24, 2.45) is 0 Å². The first-order valence-corrected chi connectivity index (χ1v) is 8.37. The van der Waals surface area contributed by atoms with Crippen LogP contribution in [0, 0.1) is 6.92 Å². The summed E-state index contributed by atoms with van der Waals surface area (Å²) >= 11 is 3.33. The number of rotatable bonds is 5. The van der Waals surface area contributed by atoms with E-state index in [0.717, 1.165) is 10.0 Å². The van der Waals surface area contributed by atoms with Crippen LogP contribution in [0.5, 0.6) is 11.5 Å². The van der Waals surface area contributed by atoms with E-state index in [1.165, 1.54) is 7.11 Å². The smallest absolute Gasteiger partial charge is 0.279 e. The van der Waals surface area contributed by atoms with Crippen molar-refractivity contribution in [3.05, 3.63) is 58.1 Å². The van der Waals surface area contributed by atoms with Crippen molar-refractivity contribution >= 4 is 27.7 Å². The molecule has 132 valence electrons. The zero-order valence-corrected chi connectivity index (χ0v) is 15.7. The Kier molecular flexibility index (Phi) is 6.41. The highest BCUT2D eigenvalue weighted by Crippen LogP contribution is 2.20. The van der Waals surface area contributed by atoms with Crippen LogP contribution in [0.2, 0.25) is 0 Å². The van der Waals surface area contributed by atoms with Gasteiger partial charge in [-0.05, 0) is 44.2 Å². The van der Waals surface area contributed by atoms with Crippen molar-refractivity contribution < 1.29 is 19.1 Å². The van der Waals surface area contributed by atoms with Crippen LogP contribution in [0.3, 0.4) is 0 Å². The first-order valence-electron chi connectivity index (χ1n) is 7.57. The van der Waals surface area contributed by atoms with Crippen molar-refractivity contribution in [1.29, 1.82) is 0 Å². The normalized spacial score (nSPS) is 11.4. The second-order valence-corrected chi connectivity index (χ2v) is 6.28. The summed E-state index contributed by atoms with van der Waals surface area (Å²) in [6, 6.07) is 12.4. The summed E-state index contributed by atoms with van der Waals surface area (Å²) in [5, 5.41) is 0. The molecule has 0 aliphatic carbocycles. The molecule has 0 radical (unpaired) electrons. The van der Waals surface area contributed by atoms with Gasteiger partial charge in [0.25, 0.3) is 11.8 Å². The van der Waals surface area contributed by atoms with Gasteiger partial charge in [0.2, 0.25) is 0 Å². The molecule has 2 aromatic rings. The highest BCUT2D eigenvalue weighted by Gasteiger charge is 2.17. The maximum Gasteiger partial charge on any atom is 0.279 e. The molecule has 1 atom stereocenters. The van der Waals surface area contributed by atoms with Crippen molar-refractivity contribution in [2.75, 3.05) is 7.11 Å². The van der Waals surface area contributed by atoms with Crippen molar-refractivity contribution in [3.8, 4) is 11.5 Å². The van der Waals surface area contributed by atoms with Gasteiger partial charge < -0.3 is 9.47 Å². The average molecular weight is 407 g/mol. The van der Waals surface area contributed by atoms with Gasteiger partial charge in [0.05, 0.1) is 12.7 Å². The molecule has 0 aliphatic rings. The molecule has 0 bridgehead atoms. The lowest BCUT2D eigenvalue weighted by atomic mass is 10.1. The van der Waals surface area contributed by atoms with Gasteiger partial charge in [0.15, 0.2) is 6.10 Å². The van der Waals surface area contributed by atoms with Gasteiger partial charge in [-0.15, -0.1) is 0 Å². The number of benzene rings is 2. The van der Waals surface area contributed by atoms with Crippen LogP contribution in [0.25, 0.3) is 0 Å². The zero-order chi connectivity index (χ0) is 18.4. The maximum atomic E-state index is 12.3. The monoisotopic (exact) mass is 406 g/mol. The molecule has 0 aromatic heterocycles. The van der Waals surface area contributed by atoms with Crippen molar-refractivity contribution in [2.45, 2.75) is 20.0 Å². The number of hydrazine groups is 1. The third-order valence-electron chi connectivity index (χ3n) is 3.38. The number of aryl methyl sites for hydroxylation is 1. The van der Waals surface area contributed by atoms with E-state index in [4.69, 9.17) is 9.47 Å². The fraction of sp³-hybridized carbons (Fsp3) is 0.222. The first-order chi connectivity index (χ1) is 11.9. The molecule has 0 saturated carbocycles. The SMILES string of the molecule is COc1ccc(C)cc1C(=O)NNC(=O)C(C)Oc1cccc(Br)c1. The Morgan fingerprint density at radius 3 is 2.56 bits per heavy atom. The second kappa shape index (κ2) is 8.53. The highest BCUT2D eigenvalue weighted by molar-refractivity contribution is 9.10. The number of methoxy groups -OCH3 is 1. The van der Waals surface area contributed by atoms with E-state index in [1.807, 2.05) is 19.1 Å². The summed E-state index contributed by atoms with van der Waals surface area (Å²) in [7, 11) is 1.48. The Bertz CT molecular complexity index is 779. The van der Waals surface area contributed by atoms with Crippen LogP contribution in [-0.2, 0) is 4.79 Å². The van der Waals surface area contributed by atoms with Crippen LogP contribution >= 0.6 is 15.9 Å². The number of ether oxygens (including phenoxy) is 2. The summed E-state index contributed by atoms with van der Waals surface area (Å²) < 4.78 is 11.5. The number of nitrogens with one attached hydrogen (secondary N) is 2. The summed E-state index contributed by atoms with van der Waals surface area (Å²) in [4.78, 5) is 24.3. The molecule has 0 fully saturated rings. The fourth-order valence-electron chi connectivity index (χ4n) is 2.08. The van der Waals surface area contributed by atoms with Gasteiger partial charge in [-0.25, -0.2) is 0 Å². The molecule has 2 rings (SSSR count). The van der Waals surface area contributed by atoms with E-state index in [9.17, 15) is 9.59 Å². The fourth-order valence-corrected chi connectivity index (χ4v) is 2.46. The van der Waals surface area contributed by atoms with Gasteiger partial charge in [0.1, 0.15) is 11.5 Å². The molecule has 0 heterocycles. The van der Waals surface area contributed by atoms with E-state index < -0.39 is 17.9 Å². The summed E-state index contributed by atoms with van der Waals surface area (Å²) in [5.74, 6) is 0.0305. The molecule has 1 unspecified atom stereocenters. The molecule has 7 heteroatoms. The third-order valence-corrected chi connectivity index (χ3v) is 3.87. The average Bonchev–Trinajstić information content (AvgIpc) is 2.59. The first kappa shape index (κ1) is 18.8. The number of hydrogen-bond acceptors (Lipinski definition) is 4. The van der Waals surface area contributed by atoms with E-state index in [2.05, 4.69) is 26.8 Å². The Morgan fingerprint density at radius 1 is 1.12 bits per heavy atom. The van der Waals surface area contributed by atoms with E-state index in [0.29, 0.717) is 17.1 Å². The zero-order valence-electron chi connectivity index (χ0n) is 14.1. The molecule has 2 aromatic carbocycles. The Balaban J connectivity index is 1.95. The standard InChI is InChI=1S/C18H19BrN2O4/c1-11-7-8-16(24-3)15(9-11)18(23)21-20-17(22)12(2)25-14-6-4-5-13(19)10-14/h4-10,12H,1-3H3,(H,20,22)(H,21,23). The van der Waals surface area contributed by atoms with Crippen LogP contribution in [0.15, 0.2) is 46.9 Å². The molecule has 0 aliphatic heterocycles. The van der Waals surface area contributed by atoms with Crippen molar-refractivity contribution in [1.82, 2.24) is 10.9 Å². The van der Waals surface area contributed by atoms with E-state index >= 15 is 0 Å². The topological polar surface area (TPSA) is 76.7 Å². The lowest BCUT2D eigenvalue weighted by Gasteiger charge is -2.16. The predicted octanol–water partition coefficient (Wildman–Crippen LogP) is 2.99. The lowest BCUT2D eigenvalue weighted by Crippen LogP contribution is -2.47. The Labute approximate surface area is 154 Å². The molecule has 6 nitrogen and oxygen atoms in total. The third kappa shape index (κ3) is 5.22. The lowest BCUT2D eigenvalue weighted by molar-refractivity contribution is -0.128. The number of halogens is 1. The summed E-state index contributed by atoms with van der Waals surface area (Å²) in [6.45, 7) is 3.46. The molecule has 25 heavy (non-hydrogen) atoms. The minimum Gasteiger partial charge on any atom is -0.496 e. The Morgan fingerprint density at radius 2 is 1.88 bits per heavy atom. The Hall–Kier alpha value is -2.54. The summed E-state index contributed by atoms with van der Waals surface area (Å²) in [6.07, 6.45) is -0.783. The number of hydrogen-bond donors (Lipinski definition) is 2. The quantitative estimate of drug-likeness (QED) is 0.748. The van der Waals surface area contributed by atoms with Gasteiger partial charge in [-0.2, -0.15) is 0 Å². The number of carbonyl (C=O) groups is 2.